The molecule has 0 bridgehead atoms. The summed E-state index contributed by atoms with van der Waals surface area (Å²) in [6.07, 6.45) is 1.75. The molecule has 0 aliphatic heterocycles. The van der Waals surface area contributed by atoms with E-state index in [2.05, 4.69) is 4.98 Å². The molecule has 3 nitrogen and oxygen atoms in total. The van der Waals surface area contributed by atoms with E-state index in [4.69, 9.17) is 16.6 Å². The van der Waals surface area contributed by atoms with E-state index in [0.717, 1.165) is 33.8 Å². The van der Waals surface area contributed by atoms with Crippen molar-refractivity contribution in [2.24, 2.45) is 0 Å². The van der Waals surface area contributed by atoms with E-state index in [1.165, 1.54) is 0 Å². The summed E-state index contributed by atoms with van der Waals surface area (Å²) < 4.78 is 0. The average molecular weight is 373 g/mol. The maximum absolute atomic E-state index is 10.3. The van der Waals surface area contributed by atoms with Crippen LogP contribution in [0, 0.1) is 6.92 Å². The standard InChI is InChI=1S/C23H17ClN2O/c1-15-8-10-17(23(27)13-15)22-7-4-6-20(26-22)16-9-11-19(24)18(14-16)21-5-2-3-12-25-21/h2-14,27H,1H3. The summed E-state index contributed by atoms with van der Waals surface area (Å²) >= 11 is 6.39. The van der Waals surface area contributed by atoms with Crippen molar-refractivity contribution >= 4 is 11.6 Å². The van der Waals surface area contributed by atoms with Gasteiger partial charge in [0.25, 0.3) is 0 Å². The van der Waals surface area contributed by atoms with Crippen molar-refractivity contribution in [2.75, 3.05) is 0 Å². The smallest absolute Gasteiger partial charge is 0.125 e. The lowest BCUT2D eigenvalue weighted by Gasteiger charge is -2.10. The van der Waals surface area contributed by atoms with Crippen LogP contribution in [0.4, 0.5) is 0 Å². The van der Waals surface area contributed by atoms with Gasteiger partial charge in [-0.2, -0.15) is 0 Å². The molecule has 0 fully saturated rings. The van der Waals surface area contributed by atoms with E-state index in [9.17, 15) is 5.11 Å². The number of hydrogen-bond acceptors (Lipinski definition) is 3. The fourth-order valence-corrected chi connectivity index (χ4v) is 3.22. The topological polar surface area (TPSA) is 46.0 Å². The second kappa shape index (κ2) is 7.22. The lowest BCUT2D eigenvalue weighted by molar-refractivity contribution is 0.476. The number of phenols is 1. The fraction of sp³-hybridized carbons (Fsp3) is 0.0435. The van der Waals surface area contributed by atoms with Crippen LogP contribution in [0.5, 0.6) is 5.75 Å². The SMILES string of the molecule is Cc1ccc(-c2cccc(-c3ccc(Cl)c(-c4ccccn4)c3)n2)c(O)c1. The molecule has 2 aromatic heterocycles. The van der Waals surface area contributed by atoms with Crippen LogP contribution in [-0.4, -0.2) is 15.1 Å². The van der Waals surface area contributed by atoms with E-state index < -0.39 is 0 Å². The van der Waals surface area contributed by atoms with Crippen molar-refractivity contribution in [1.29, 1.82) is 0 Å². The molecule has 0 radical (unpaired) electrons. The van der Waals surface area contributed by atoms with Crippen molar-refractivity contribution in [3.8, 4) is 39.5 Å². The summed E-state index contributed by atoms with van der Waals surface area (Å²) in [5.41, 5.74) is 5.86. The van der Waals surface area contributed by atoms with Crippen LogP contribution in [-0.2, 0) is 0 Å². The van der Waals surface area contributed by atoms with Crippen molar-refractivity contribution in [1.82, 2.24) is 9.97 Å². The van der Waals surface area contributed by atoms with E-state index in [0.29, 0.717) is 10.6 Å². The molecule has 0 atom stereocenters. The number of halogens is 1. The highest BCUT2D eigenvalue weighted by molar-refractivity contribution is 6.33. The number of phenolic OH excluding ortho intramolecular Hbond substituents is 1. The number of rotatable bonds is 3. The molecule has 0 aliphatic rings. The number of aromatic nitrogens is 2. The van der Waals surface area contributed by atoms with E-state index in [-0.39, 0.29) is 5.75 Å². The van der Waals surface area contributed by atoms with Crippen LogP contribution in [0.3, 0.4) is 0 Å². The molecule has 1 N–H and O–H groups in total. The number of aryl methyl sites for hydroxylation is 1. The highest BCUT2D eigenvalue weighted by Crippen LogP contribution is 2.33. The summed E-state index contributed by atoms with van der Waals surface area (Å²) in [6, 6.07) is 22.9. The minimum Gasteiger partial charge on any atom is -0.507 e. The van der Waals surface area contributed by atoms with Crippen molar-refractivity contribution in [3.63, 3.8) is 0 Å². The lowest BCUT2D eigenvalue weighted by Crippen LogP contribution is -1.90. The Morgan fingerprint density at radius 2 is 1.59 bits per heavy atom. The van der Waals surface area contributed by atoms with Gasteiger partial charge in [0.15, 0.2) is 0 Å². The summed E-state index contributed by atoms with van der Waals surface area (Å²) in [7, 11) is 0. The molecule has 27 heavy (non-hydrogen) atoms. The summed E-state index contributed by atoms with van der Waals surface area (Å²) in [6.45, 7) is 1.94. The van der Waals surface area contributed by atoms with Crippen LogP contribution >= 0.6 is 11.6 Å². The highest BCUT2D eigenvalue weighted by atomic mass is 35.5. The Labute approximate surface area is 163 Å². The van der Waals surface area contributed by atoms with Gasteiger partial charge in [0, 0.05) is 22.9 Å². The summed E-state index contributed by atoms with van der Waals surface area (Å²) in [5, 5.41) is 10.9. The first-order valence-electron chi connectivity index (χ1n) is 8.60. The largest absolute Gasteiger partial charge is 0.507 e. The molecule has 0 amide bonds. The van der Waals surface area contributed by atoms with Gasteiger partial charge in [0.1, 0.15) is 5.75 Å². The Kier molecular flexibility index (Phi) is 4.61. The van der Waals surface area contributed by atoms with Crippen molar-refractivity contribution in [2.45, 2.75) is 6.92 Å². The molecule has 0 spiro atoms. The molecule has 132 valence electrons. The molecule has 0 saturated carbocycles. The van der Waals surface area contributed by atoms with Crippen LogP contribution in [0.2, 0.25) is 5.02 Å². The Bertz CT molecular complexity index is 1110. The first-order chi connectivity index (χ1) is 13.1. The molecule has 4 rings (SSSR count). The number of pyridine rings is 2. The molecule has 2 heterocycles. The predicted molar refractivity (Wildman–Crippen MR) is 110 cm³/mol. The van der Waals surface area contributed by atoms with Gasteiger partial charge in [-0.25, -0.2) is 4.98 Å². The fourth-order valence-electron chi connectivity index (χ4n) is 3.01. The number of benzene rings is 2. The van der Waals surface area contributed by atoms with Gasteiger partial charge in [-0.15, -0.1) is 0 Å². The zero-order valence-corrected chi connectivity index (χ0v) is 15.5. The number of aromatic hydroxyl groups is 1. The molecule has 4 heteroatoms. The molecule has 0 aliphatic carbocycles. The van der Waals surface area contributed by atoms with Crippen LogP contribution in [0.1, 0.15) is 5.56 Å². The van der Waals surface area contributed by atoms with Gasteiger partial charge in [-0.3, -0.25) is 4.98 Å². The van der Waals surface area contributed by atoms with Crippen LogP contribution in [0.15, 0.2) is 79.0 Å². The third kappa shape index (κ3) is 3.55. The lowest BCUT2D eigenvalue weighted by atomic mass is 10.0. The molecule has 4 aromatic rings. The number of nitrogens with zero attached hydrogens (tertiary/aromatic N) is 2. The Morgan fingerprint density at radius 3 is 2.37 bits per heavy atom. The second-order valence-corrected chi connectivity index (χ2v) is 6.75. The van der Waals surface area contributed by atoms with Crippen LogP contribution < -0.4 is 0 Å². The van der Waals surface area contributed by atoms with Gasteiger partial charge < -0.3 is 5.11 Å². The summed E-state index contributed by atoms with van der Waals surface area (Å²) in [5.74, 6) is 0.227. The van der Waals surface area contributed by atoms with Gasteiger partial charge in [-0.1, -0.05) is 35.9 Å². The monoisotopic (exact) mass is 372 g/mol. The molecular formula is C23H17ClN2O. The highest BCUT2D eigenvalue weighted by Gasteiger charge is 2.11. The van der Waals surface area contributed by atoms with E-state index >= 15 is 0 Å². The Morgan fingerprint density at radius 1 is 0.778 bits per heavy atom. The predicted octanol–water partition coefficient (Wildman–Crippen LogP) is 6.15. The Hall–Kier alpha value is -3.17. The average Bonchev–Trinajstić information content (AvgIpc) is 2.69. The summed E-state index contributed by atoms with van der Waals surface area (Å²) in [4.78, 5) is 9.14. The minimum absolute atomic E-state index is 0.227. The quantitative estimate of drug-likeness (QED) is 0.469. The molecule has 2 aromatic carbocycles. The van der Waals surface area contributed by atoms with Crippen molar-refractivity contribution in [3.05, 3.63) is 89.6 Å². The first-order valence-corrected chi connectivity index (χ1v) is 8.98. The normalized spacial score (nSPS) is 10.7. The Balaban J connectivity index is 1.79. The van der Waals surface area contributed by atoms with E-state index in [1.54, 1.807) is 12.3 Å². The van der Waals surface area contributed by atoms with Crippen molar-refractivity contribution < 1.29 is 5.11 Å². The van der Waals surface area contributed by atoms with Gasteiger partial charge in [0.05, 0.1) is 22.1 Å². The molecule has 0 unspecified atom stereocenters. The third-order valence-corrected chi connectivity index (χ3v) is 4.71. The molecule has 0 saturated heterocycles. The second-order valence-electron chi connectivity index (χ2n) is 6.34. The first kappa shape index (κ1) is 17.3. The maximum atomic E-state index is 10.3. The maximum Gasteiger partial charge on any atom is 0.125 e. The third-order valence-electron chi connectivity index (χ3n) is 4.38. The van der Waals surface area contributed by atoms with Gasteiger partial charge in [0.2, 0.25) is 0 Å². The van der Waals surface area contributed by atoms with Gasteiger partial charge >= 0.3 is 0 Å². The number of hydrogen-bond donors (Lipinski definition) is 1. The van der Waals surface area contributed by atoms with E-state index in [1.807, 2.05) is 73.7 Å². The van der Waals surface area contributed by atoms with Gasteiger partial charge in [-0.05, 0) is 61.0 Å². The molecular weight excluding hydrogens is 356 g/mol. The zero-order valence-electron chi connectivity index (χ0n) is 14.7. The minimum atomic E-state index is 0.227. The zero-order chi connectivity index (χ0) is 18.8. The van der Waals surface area contributed by atoms with Crippen LogP contribution in [0.25, 0.3) is 33.8 Å².